The third-order valence-corrected chi connectivity index (χ3v) is 11.5. The Morgan fingerprint density at radius 1 is 0.825 bits per heavy atom. The molecule has 5 N–H and O–H groups in total. The molecule has 57 heavy (non-hydrogen) atoms. The van der Waals surface area contributed by atoms with Crippen LogP contribution >= 0.6 is 0 Å². The lowest BCUT2D eigenvalue weighted by Gasteiger charge is -2.21. The van der Waals surface area contributed by atoms with E-state index in [1.165, 1.54) is 36.4 Å². The second-order valence-corrected chi connectivity index (χ2v) is 16.2. The van der Waals surface area contributed by atoms with Crippen LogP contribution in [0, 0.1) is 19.9 Å². The standard InChI is InChI=1S/C38H37FN10O6S2/c1-5-18-56(51,52)28-16-14-25(15-17-28)45-47-33-23(4)19-24-20-30(57(53,54)55)34(35(50)31(24)32(33)40)48-46-29-21-26(13-12-22(29)3)41-37-42-36(39)43-38(44-37)49(6-2)27-10-8-7-9-11-27/h7-17,19-21,50H,5-6,18,40H2,1-4H3,(H,53,54,55)(H,41,42,43,44). The second kappa shape index (κ2) is 16.3. The topological polar surface area (TPSA) is 238 Å². The van der Waals surface area contributed by atoms with Crippen molar-refractivity contribution >= 4 is 82.4 Å². The van der Waals surface area contributed by atoms with Gasteiger partial charge in [-0.25, -0.2) is 8.42 Å². The highest BCUT2D eigenvalue weighted by Crippen LogP contribution is 2.47. The lowest BCUT2D eigenvalue weighted by Crippen LogP contribution is -2.20. The molecule has 294 valence electrons. The molecule has 5 aromatic carbocycles. The van der Waals surface area contributed by atoms with Gasteiger partial charge in [0.25, 0.3) is 10.1 Å². The number of aromatic hydroxyl groups is 1. The predicted octanol–water partition coefficient (Wildman–Crippen LogP) is 9.23. The van der Waals surface area contributed by atoms with Crippen molar-refractivity contribution < 1.29 is 30.9 Å². The van der Waals surface area contributed by atoms with Crippen LogP contribution in [-0.4, -0.2) is 53.7 Å². The summed E-state index contributed by atoms with van der Waals surface area (Å²) in [6.45, 7) is 7.43. The number of hydrogen-bond acceptors (Lipinski definition) is 15. The Kier molecular flexibility index (Phi) is 11.5. The summed E-state index contributed by atoms with van der Waals surface area (Å²) in [5.41, 5.74) is 8.63. The number of nitrogens with zero attached hydrogens (tertiary/aromatic N) is 8. The summed E-state index contributed by atoms with van der Waals surface area (Å²) in [6, 6.07) is 22.5. The van der Waals surface area contributed by atoms with Gasteiger partial charge in [0.15, 0.2) is 15.6 Å². The summed E-state index contributed by atoms with van der Waals surface area (Å²) in [5, 5.41) is 31.3. The normalized spacial score (nSPS) is 12.2. The SMILES string of the molecule is CCCS(=O)(=O)c1ccc(N=Nc2c(C)cc3cc(S(=O)(=O)O)c(N=Nc4cc(Nc5nc(F)nc(N(CC)c6ccccc6)n5)ccc4C)c(O)c3c2N)cc1. The first-order valence-corrected chi connectivity index (χ1v) is 20.5. The number of fused-ring (bicyclic) bond motifs is 1. The van der Waals surface area contributed by atoms with Crippen molar-refractivity contribution in [1.29, 1.82) is 0 Å². The molecule has 0 aliphatic carbocycles. The number of hydrogen-bond donors (Lipinski definition) is 4. The van der Waals surface area contributed by atoms with Crippen LogP contribution < -0.4 is 16.0 Å². The van der Waals surface area contributed by atoms with Gasteiger partial charge in [0, 0.05) is 17.9 Å². The largest absolute Gasteiger partial charge is 0.505 e. The Morgan fingerprint density at radius 3 is 2.19 bits per heavy atom. The summed E-state index contributed by atoms with van der Waals surface area (Å²) in [5.74, 6) is -0.728. The van der Waals surface area contributed by atoms with E-state index in [1.807, 2.05) is 37.3 Å². The molecule has 0 saturated heterocycles. The third kappa shape index (κ3) is 8.85. The molecular weight excluding hydrogens is 776 g/mol. The van der Waals surface area contributed by atoms with E-state index in [2.05, 4.69) is 40.7 Å². The van der Waals surface area contributed by atoms with E-state index >= 15 is 0 Å². The summed E-state index contributed by atoms with van der Waals surface area (Å²) in [7, 11) is -8.39. The van der Waals surface area contributed by atoms with Crippen LogP contribution in [-0.2, 0) is 20.0 Å². The molecule has 0 saturated carbocycles. The molecule has 19 heteroatoms. The van der Waals surface area contributed by atoms with Crippen LogP contribution in [0.5, 0.6) is 5.75 Å². The fourth-order valence-electron chi connectivity index (χ4n) is 5.91. The number of sulfone groups is 1. The average molecular weight is 813 g/mol. The van der Waals surface area contributed by atoms with Gasteiger partial charge in [-0.2, -0.15) is 38.0 Å². The zero-order chi connectivity index (χ0) is 41.1. The monoisotopic (exact) mass is 812 g/mol. The van der Waals surface area contributed by atoms with Crippen molar-refractivity contribution in [2.75, 3.05) is 28.2 Å². The Hall–Kier alpha value is -6.44. The second-order valence-electron chi connectivity index (χ2n) is 12.7. The van der Waals surface area contributed by atoms with Gasteiger partial charge >= 0.3 is 6.08 Å². The fourth-order valence-corrected chi connectivity index (χ4v) is 7.90. The molecule has 1 aromatic heterocycles. The number of phenols is 1. The number of nitrogens with one attached hydrogen (secondary N) is 1. The van der Waals surface area contributed by atoms with Gasteiger partial charge in [-0.3, -0.25) is 4.55 Å². The Bertz CT molecular complexity index is 2770. The maximum Gasteiger partial charge on any atom is 0.315 e. The molecule has 0 radical (unpaired) electrons. The number of benzene rings is 5. The molecule has 0 fully saturated rings. The maximum atomic E-state index is 14.7. The van der Waals surface area contributed by atoms with Gasteiger partial charge < -0.3 is 21.1 Å². The van der Waals surface area contributed by atoms with E-state index in [9.17, 15) is 30.9 Å². The molecule has 6 aromatic rings. The van der Waals surface area contributed by atoms with Gasteiger partial charge in [-0.1, -0.05) is 31.2 Å². The molecule has 0 spiro atoms. The van der Waals surface area contributed by atoms with E-state index < -0.39 is 42.4 Å². The summed E-state index contributed by atoms with van der Waals surface area (Å²) >= 11 is 0. The van der Waals surface area contributed by atoms with Crippen molar-refractivity contribution in [3.8, 4) is 5.75 Å². The molecule has 6 rings (SSSR count). The van der Waals surface area contributed by atoms with Crippen LogP contribution in [0.2, 0.25) is 0 Å². The predicted molar refractivity (Wildman–Crippen MR) is 215 cm³/mol. The van der Waals surface area contributed by atoms with E-state index in [-0.39, 0.29) is 50.4 Å². The zero-order valence-electron chi connectivity index (χ0n) is 31.1. The minimum Gasteiger partial charge on any atom is -0.505 e. The molecule has 0 amide bonds. The zero-order valence-corrected chi connectivity index (χ0v) is 32.7. The van der Waals surface area contributed by atoms with Crippen LogP contribution in [0.25, 0.3) is 10.8 Å². The first-order chi connectivity index (χ1) is 27.1. The Morgan fingerprint density at radius 2 is 1.53 bits per heavy atom. The Balaban J connectivity index is 1.35. The average Bonchev–Trinajstić information content (AvgIpc) is 3.15. The molecule has 1 heterocycles. The van der Waals surface area contributed by atoms with Crippen molar-refractivity contribution in [3.63, 3.8) is 0 Å². The fraction of sp³-hybridized carbons (Fsp3) is 0.184. The van der Waals surface area contributed by atoms with Gasteiger partial charge in [0.1, 0.15) is 16.3 Å². The number of aryl methyl sites for hydroxylation is 2. The minimum absolute atomic E-state index is 0.00711. The molecule has 0 aliphatic heterocycles. The minimum atomic E-state index is -4.96. The van der Waals surface area contributed by atoms with Crippen LogP contribution in [0.4, 0.5) is 56.1 Å². The quantitative estimate of drug-likeness (QED) is 0.0485. The first-order valence-electron chi connectivity index (χ1n) is 17.4. The number of anilines is 5. The number of para-hydroxylation sites is 1. The van der Waals surface area contributed by atoms with E-state index in [4.69, 9.17) is 5.73 Å². The van der Waals surface area contributed by atoms with Crippen molar-refractivity contribution in [1.82, 2.24) is 15.0 Å². The Labute approximate surface area is 327 Å². The number of aromatic nitrogens is 3. The van der Waals surface area contributed by atoms with Crippen molar-refractivity contribution in [2.24, 2.45) is 20.5 Å². The van der Waals surface area contributed by atoms with Crippen molar-refractivity contribution in [2.45, 2.75) is 43.9 Å². The molecule has 0 aliphatic rings. The smallest absolute Gasteiger partial charge is 0.315 e. The van der Waals surface area contributed by atoms with E-state index in [0.29, 0.717) is 35.5 Å². The number of rotatable bonds is 13. The highest BCUT2D eigenvalue weighted by atomic mass is 32.2. The molecule has 0 unspecified atom stereocenters. The molecule has 0 atom stereocenters. The van der Waals surface area contributed by atoms with Crippen molar-refractivity contribution in [3.05, 3.63) is 102 Å². The van der Waals surface area contributed by atoms with E-state index in [1.54, 1.807) is 37.8 Å². The molecule has 16 nitrogen and oxygen atoms in total. The van der Waals surface area contributed by atoms with Crippen LogP contribution in [0.15, 0.2) is 115 Å². The number of halogens is 1. The lowest BCUT2D eigenvalue weighted by molar-refractivity contribution is 0.472. The highest BCUT2D eigenvalue weighted by Gasteiger charge is 2.25. The molecule has 0 bridgehead atoms. The van der Waals surface area contributed by atoms with Gasteiger partial charge in [-0.15, -0.1) is 10.2 Å². The van der Waals surface area contributed by atoms with E-state index in [0.717, 1.165) is 11.8 Å². The number of phenolic OH excluding ortho intramolecular Hbond substituents is 1. The lowest BCUT2D eigenvalue weighted by atomic mass is 10.0. The summed E-state index contributed by atoms with van der Waals surface area (Å²) in [4.78, 5) is 13.2. The maximum absolute atomic E-state index is 14.7. The van der Waals surface area contributed by atoms with Crippen LogP contribution in [0.1, 0.15) is 31.4 Å². The summed E-state index contributed by atoms with van der Waals surface area (Å²) < 4.78 is 74.8. The first kappa shape index (κ1) is 40.2. The molecular formula is C38H37FN10O6S2. The van der Waals surface area contributed by atoms with Gasteiger partial charge in [-0.05, 0) is 104 Å². The number of nitrogen functional groups attached to an aromatic ring is 1. The van der Waals surface area contributed by atoms with Crippen LogP contribution in [0.3, 0.4) is 0 Å². The van der Waals surface area contributed by atoms with Gasteiger partial charge in [0.05, 0.1) is 33.1 Å². The van der Waals surface area contributed by atoms with Gasteiger partial charge in [0.2, 0.25) is 11.9 Å². The third-order valence-electron chi connectivity index (χ3n) is 8.70. The summed E-state index contributed by atoms with van der Waals surface area (Å²) in [6.07, 6.45) is -0.543. The number of azo groups is 2. The highest BCUT2D eigenvalue weighted by molar-refractivity contribution is 7.91. The number of nitrogens with two attached hydrogens (primary N) is 1.